The van der Waals surface area contributed by atoms with Crippen molar-refractivity contribution in [1.82, 2.24) is 5.32 Å². The van der Waals surface area contributed by atoms with Gasteiger partial charge in [-0.3, -0.25) is 4.79 Å². The molecule has 0 aromatic carbocycles. The molecule has 1 amide bonds. The molecular weight excluding hydrogens is 306 g/mol. The van der Waals surface area contributed by atoms with Crippen LogP contribution in [0, 0.1) is 0 Å². The van der Waals surface area contributed by atoms with Gasteiger partial charge in [-0.25, -0.2) is 0 Å². The molecule has 1 atom stereocenters. The van der Waals surface area contributed by atoms with E-state index in [0.717, 1.165) is 32.1 Å². The zero-order valence-electron chi connectivity index (χ0n) is 17.0. The lowest BCUT2D eigenvalue weighted by molar-refractivity contribution is -0.110. The Morgan fingerprint density at radius 2 is 1.28 bits per heavy atom. The first-order valence-corrected chi connectivity index (χ1v) is 10.8. The molecule has 0 aliphatic heterocycles. The Balaban J connectivity index is 3.32. The Hall–Kier alpha value is -1.05. The molecule has 146 valence electrons. The highest BCUT2D eigenvalue weighted by atomic mass is 16.1. The molecule has 2 heteroatoms. The summed E-state index contributed by atoms with van der Waals surface area (Å²) in [5.74, 6) is 0. The van der Waals surface area contributed by atoms with Crippen molar-refractivity contribution in [1.29, 1.82) is 0 Å². The first-order valence-electron chi connectivity index (χ1n) is 10.8. The van der Waals surface area contributed by atoms with Gasteiger partial charge in [0.1, 0.15) is 0 Å². The number of hydrogen-bond acceptors (Lipinski definition) is 1. The lowest BCUT2D eigenvalue weighted by atomic mass is 10.0. The van der Waals surface area contributed by atoms with Gasteiger partial charge >= 0.3 is 0 Å². The van der Waals surface area contributed by atoms with Gasteiger partial charge in [0.15, 0.2) is 0 Å². The molecule has 0 radical (unpaired) electrons. The Morgan fingerprint density at radius 3 is 1.88 bits per heavy atom. The monoisotopic (exact) mass is 349 g/mol. The molecular formula is C23H43NO. The fourth-order valence-electron chi connectivity index (χ4n) is 3.13. The maximum atomic E-state index is 10.5. The molecule has 0 heterocycles. The van der Waals surface area contributed by atoms with Crippen molar-refractivity contribution in [2.24, 2.45) is 0 Å². The van der Waals surface area contributed by atoms with Gasteiger partial charge in [0.25, 0.3) is 0 Å². The van der Waals surface area contributed by atoms with Crippen molar-refractivity contribution in [3.8, 4) is 0 Å². The van der Waals surface area contributed by atoms with Crippen molar-refractivity contribution in [2.45, 2.75) is 116 Å². The van der Waals surface area contributed by atoms with E-state index in [-0.39, 0.29) is 0 Å². The van der Waals surface area contributed by atoms with Gasteiger partial charge < -0.3 is 5.32 Å². The third-order valence-electron chi connectivity index (χ3n) is 4.69. The van der Waals surface area contributed by atoms with Crippen LogP contribution >= 0.6 is 0 Å². The van der Waals surface area contributed by atoms with E-state index in [4.69, 9.17) is 0 Å². The second-order valence-corrected chi connectivity index (χ2v) is 7.14. The first-order chi connectivity index (χ1) is 12.3. The van der Waals surface area contributed by atoms with Gasteiger partial charge in [-0.1, -0.05) is 89.5 Å². The molecule has 0 saturated heterocycles. The predicted molar refractivity (Wildman–Crippen MR) is 112 cm³/mol. The normalized spacial score (nSPS) is 12.9. The van der Waals surface area contributed by atoms with Crippen molar-refractivity contribution in [3.63, 3.8) is 0 Å². The highest BCUT2D eigenvalue weighted by Crippen LogP contribution is 2.12. The summed E-state index contributed by atoms with van der Waals surface area (Å²) in [7, 11) is 0. The minimum absolute atomic E-state index is 0.397. The Labute approximate surface area is 157 Å². The van der Waals surface area contributed by atoms with Crippen LogP contribution in [-0.4, -0.2) is 12.5 Å². The Bertz CT molecular complexity index is 322. The molecule has 0 aliphatic rings. The van der Waals surface area contributed by atoms with Crippen LogP contribution in [0.15, 0.2) is 24.3 Å². The molecule has 0 aromatic rings. The summed E-state index contributed by atoms with van der Waals surface area (Å²) in [6.07, 6.45) is 29.0. The molecule has 0 rings (SSSR count). The molecule has 0 bridgehead atoms. The van der Waals surface area contributed by atoms with Crippen molar-refractivity contribution < 1.29 is 4.79 Å². The second-order valence-electron chi connectivity index (χ2n) is 7.14. The van der Waals surface area contributed by atoms with E-state index in [0.29, 0.717) is 6.04 Å². The lowest BCUT2D eigenvalue weighted by Gasteiger charge is -2.14. The SMILES string of the molecule is CCCCC/C=C\C/C=C\CCCCCCCCC(CCC)NC=O. The van der Waals surface area contributed by atoms with Gasteiger partial charge in [-0.15, -0.1) is 0 Å². The molecule has 0 fully saturated rings. The van der Waals surface area contributed by atoms with E-state index in [1.807, 2.05) is 0 Å². The van der Waals surface area contributed by atoms with Crippen molar-refractivity contribution in [2.75, 3.05) is 0 Å². The topological polar surface area (TPSA) is 29.1 Å². The molecule has 0 spiro atoms. The van der Waals surface area contributed by atoms with Gasteiger partial charge in [-0.05, 0) is 44.9 Å². The standard InChI is InChI=1S/C23H43NO/c1-3-5-6-7-8-9-10-11-12-13-14-15-16-17-18-19-21-23(20-4-2)24-22-25/h8-9,11-12,22-23H,3-7,10,13-21H2,1-2H3,(H,24,25)/b9-8-,12-11-. The molecule has 1 unspecified atom stereocenters. The van der Waals surface area contributed by atoms with E-state index in [1.54, 1.807) is 0 Å². The number of hydrogen-bond donors (Lipinski definition) is 1. The van der Waals surface area contributed by atoms with Gasteiger partial charge in [0, 0.05) is 6.04 Å². The first kappa shape index (κ1) is 23.9. The zero-order chi connectivity index (χ0) is 18.4. The van der Waals surface area contributed by atoms with Crippen LogP contribution in [0.1, 0.15) is 110 Å². The van der Waals surface area contributed by atoms with Crippen molar-refractivity contribution >= 4 is 6.41 Å². The summed E-state index contributed by atoms with van der Waals surface area (Å²) >= 11 is 0. The molecule has 0 aliphatic carbocycles. The smallest absolute Gasteiger partial charge is 0.207 e. The van der Waals surface area contributed by atoms with Crippen LogP contribution in [-0.2, 0) is 4.79 Å². The minimum Gasteiger partial charge on any atom is -0.356 e. The maximum absolute atomic E-state index is 10.5. The Kier molecular flexibility index (Phi) is 20.1. The van der Waals surface area contributed by atoms with E-state index in [2.05, 4.69) is 43.5 Å². The number of unbranched alkanes of at least 4 members (excludes halogenated alkanes) is 9. The summed E-state index contributed by atoms with van der Waals surface area (Å²) in [6.45, 7) is 4.43. The van der Waals surface area contributed by atoms with E-state index < -0.39 is 0 Å². The van der Waals surface area contributed by atoms with Crippen molar-refractivity contribution in [3.05, 3.63) is 24.3 Å². The Morgan fingerprint density at radius 1 is 0.680 bits per heavy atom. The van der Waals surface area contributed by atoms with Gasteiger partial charge in [0.2, 0.25) is 6.41 Å². The molecule has 2 nitrogen and oxygen atoms in total. The highest BCUT2D eigenvalue weighted by Gasteiger charge is 2.04. The maximum Gasteiger partial charge on any atom is 0.207 e. The summed E-state index contributed by atoms with van der Waals surface area (Å²) in [4.78, 5) is 10.5. The molecule has 0 aromatic heterocycles. The summed E-state index contributed by atoms with van der Waals surface area (Å²) < 4.78 is 0. The largest absolute Gasteiger partial charge is 0.356 e. The molecule has 1 N–H and O–H groups in total. The number of rotatable bonds is 19. The second kappa shape index (κ2) is 21.0. The van der Waals surface area contributed by atoms with E-state index in [1.165, 1.54) is 70.6 Å². The minimum atomic E-state index is 0.397. The van der Waals surface area contributed by atoms with Crippen LogP contribution in [0.4, 0.5) is 0 Å². The van der Waals surface area contributed by atoms with Crippen LogP contribution in [0.3, 0.4) is 0 Å². The van der Waals surface area contributed by atoms with E-state index in [9.17, 15) is 4.79 Å². The highest BCUT2D eigenvalue weighted by molar-refractivity contribution is 5.46. The van der Waals surface area contributed by atoms with Crippen LogP contribution < -0.4 is 5.32 Å². The number of carbonyl (C=O) groups is 1. The fourth-order valence-corrected chi connectivity index (χ4v) is 3.13. The number of allylic oxidation sites excluding steroid dienone is 4. The lowest BCUT2D eigenvalue weighted by Crippen LogP contribution is -2.27. The average Bonchev–Trinajstić information content (AvgIpc) is 2.61. The summed E-state index contributed by atoms with van der Waals surface area (Å²) in [5.41, 5.74) is 0. The number of carbonyl (C=O) groups excluding carboxylic acids is 1. The predicted octanol–water partition coefficient (Wildman–Crippen LogP) is 7.10. The molecule has 0 saturated carbocycles. The van der Waals surface area contributed by atoms with Crippen LogP contribution in [0.5, 0.6) is 0 Å². The average molecular weight is 350 g/mol. The van der Waals surface area contributed by atoms with Gasteiger partial charge in [-0.2, -0.15) is 0 Å². The third-order valence-corrected chi connectivity index (χ3v) is 4.69. The van der Waals surface area contributed by atoms with Gasteiger partial charge in [0.05, 0.1) is 0 Å². The number of amides is 1. The zero-order valence-corrected chi connectivity index (χ0v) is 17.0. The summed E-state index contributed by atoms with van der Waals surface area (Å²) in [5, 5.41) is 2.94. The fraction of sp³-hybridized carbons (Fsp3) is 0.783. The quantitative estimate of drug-likeness (QED) is 0.150. The van der Waals surface area contributed by atoms with E-state index >= 15 is 0 Å². The molecule has 25 heavy (non-hydrogen) atoms. The van der Waals surface area contributed by atoms with Crippen LogP contribution in [0.2, 0.25) is 0 Å². The summed E-state index contributed by atoms with van der Waals surface area (Å²) in [6, 6.07) is 0.397. The number of nitrogens with one attached hydrogen (secondary N) is 1. The van der Waals surface area contributed by atoms with Crippen LogP contribution in [0.25, 0.3) is 0 Å². The third kappa shape index (κ3) is 19.1.